The predicted octanol–water partition coefficient (Wildman–Crippen LogP) is 2.36. The van der Waals surface area contributed by atoms with Gasteiger partial charge in [0.25, 0.3) is 0 Å². The van der Waals surface area contributed by atoms with Crippen LogP contribution in [-0.4, -0.2) is 19.3 Å². The van der Waals surface area contributed by atoms with E-state index in [0.29, 0.717) is 18.0 Å². The number of hydrogen-bond donors (Lipinski definition) is 1. The van der Waals surface area contributed by atoms with Crippen molar-refractivity contribution >= 4 is 5.69 Å². The minimum atomic E-state index is -0.348. The van der Waals surface area contributed by atoms with Crippen LogP contribution < -0.4 is 10.5 Å². The first kappa shape index (κ1) is 11.2. The third kappa shape index (κ3) is 2.85. The first-order valence-corrected chi connectivity index (χ1v) is 5.55. The van der Waals surface area contributed by atoms with Gasteiger partial charge in [0.05, 0.1) is 11.8 Å². The molecule has 1 heterocycles. The van der Waals surface area contributed by atoms with E-state index in [9.17, 15) is 4.39 Å². The normalized spacial score (nSPS) is 20.7. The van der Waals surface area contributed by atoms with Crippen molar-refractivity contribution < 1.29 is 13.9 Å². The molecule has 0 aromatic heterocycles. The lowest BCUT2D eigenvalue weighted by Crippen LogP contribution is -2.25. The molecule has 1 aromatic carbocycles. The molecule has 16 heavy (non-hydrogen) atoms. The van der Waals surface area contributed by atoms with Crippen LogP contribution in [0, 0.1) is 5.82 Å². The second-order valence-electron chi connectivity index (χ2n) is 3.98. The van der Waals surface area contributed by atoms with E-state index < -0.39 is 0 Å². The van der Waals surface area contributed by atoms with E-state index in [0.717, 1.165) is 19.4 Å². The molecule has 2 N–H and O–H groups in total. The highest BCUT2D eigenvalue weighted by Crippen LogP contribution is 2.23. The number of rotatable bonds is 3. The molecular formula is C12H16FNO2. The molecule has 2 rings (SSSR count). The van der Waals surface area contributed by atoms with E-state index in [1.807, 2.05) is 0 Å². The summed E-state index contributed by atoms with van der Waals surface area (Å²) < 4.78 is 23.8. The zero-order chi connectivity index (χ0) is 11.4. The first-order valence-electron chi connectivity index (χ1n) is 5.55. The molecule has 1 aromatic rings. The highest BCUT2D eigenvalue weighted by molar-refractivity contribution is 5.52. The van der Waals surface area contributed by atoms with Gasteiger partial charge in [-0.1, -0.05) is 0 Å². The third-order valence-corrected chi connectivity index (χ3v) is 2.67. The van der Waals surface area contributed by atoms with Gasteiger partial charge in [-0.05, 0) is 31.4 Å². The number of hydrogen-bond acceptors (Lipinski definition) is 3. The quantitative estimate of drug-likeness (QED) is 0.803. The fourth-order valence-corrected chi connectivity index (χ4v) is 1.77. The molecule has 0 bridgehead atoms. The number of benzene rings is 1. The van der Waals surface area contributed by atoms with E-state index in [2.05, 4.69) is 0 Å². The molecule has 1 saturated heterocycles. The summed E-state index contributed by atoms with van der Waals surface area (Å²) in [5.74, 6) is 0.175. The minimum absolute atomic E-state index is 0.137. The van der Waals surface area contributed by atoms with Crippen LogP contribution in [0.5, 0.6) is 5.75 Å². The van der Waals surface area contributed by atoms with E-state index in [1.165, 1.54) is 18.6 Å². The fourth-order valence-electron chi connectivity index (χ4n) is 1.77. The van der Waals surface area contributed by atoms with Crippen LogP contribution in [0.2, 0.25) is 0 Å². The Morgan fingerprint density at radius 2 is 2.31 bits per heavy atom. The smallest absolute Gasteiger partial charge is 0.142 e. The van der Waals surface area contributed by atoms with Crippen molar-refractivity contribution in [3.05, 3.63) is 24.0 Å². The molecule has 1 aliphatic rings. The molecule has 0 saturated carbocycles. The van der Waals surface area contributed by atoms with E-state index in [-0.39, 0.29) is 11.9 Å². The molecule has 0 radical (unpaired) electrons. The standard InChI is InChI=1S/C12H16FNO2/c13-9-4-5-12(11(14)7-9)16-8-10-3-1-2-6-15-10/h4-5,7,10H,1-3,6,8,14H2/t10-/m1/s1. The van der Waals surface area contributed by atoms with Gasteiger partial charge in [-0.3, -0.25) is 0 Å². The zero-order valence-electron chi connectivity index (χ0n) is 9.12. The second-order valence-corrected chi connectivity index (χ2v) is 3.98. The Kier molecular flexibility index (Phi) is 3.62. The van der Waals surface area contributed by atoms with Crippen LogP contribution >= 0.6 is 0 Å². The summed E-state index contributed by atoms with van der Waals surface area (Å²) in [5.41, 5.74) is 5.96. The summed E-state index contributed by atoms with van der Waals surface area (Å²) >= 11 is 0. The highest BCUT2D eigenvalue weighted by atomic mass is 19.1. The van der Waals surface area contributed by atoms with Crippen LogP contribution in [0.25, 0.3) is 0 Å². The highest BCUT2D eigenvalue weighted by Gasteiger charge is 2.14. The van der Waals surface area contributed by atoms with Crippen LogP contribution in [0.3, 0.4) is 0 Å². The summed E-state index contributed by atoms with van der Waals surface area (Å²) in [4.78, 5) is 0. The first-order chi connectivity index (χ1) is 7.75. The Morgan fingerprint density at radius 1 is 1.44 bits per heavy atom. The van der Waals surface area contributed by atoms with E-state index in [1.54, 1.807) is 6.07 Å². The molecule has 4 heteroatoms. The van der Waals surface area contributed by atoms with Gasteiger partial charge in [0.1, 0.15) is 18.2 Å². The van der Waals surface area contributed by atoms with Gasteiger partial charge in [0.15, 0.2) is 0 Å². The summed E-state index contributed by atoms with van der Waals surface area (Å²) in [6.45, 7) is 1.28. The van der Waals surface area contributed by atoms with Crippen molar-refractivity contribution in [1.82, 2.24) is 0 Å². The number of nitrogens with two attached hydrogens (primary N) is 1. The summed E-state index contributed by atoms with van der Waals surface area (Å²) in [6.07, 6.45) is 3.45. The number of halogens is 1. The van der Waals surface area contributed by atoms with Gasteiger partial charge in [0.2, 0.25) is 0 Å². The monoisotopic (exact) mass is 225 g/mol. The van der Waals surface area contributed by atoms with Gasteiger partial charge in [0, 0.05) is 12.7 Å². The minimum Gasteiger partial charge on any atom is -0.489 e. The summed E-state index contributed by atoms with van der Waals surface area (Å²) in [6, 6.07) is 4.15. The van der Waals surface area contributed by atoms with Crippen molar-refractivity contribution in [3.63, 3.8) is 0 Å². The van der Waals surface area contributed by atoms with Crippen molar-refractivity contribution in [1.29, 1.82) is 0 Å². The maximum atomic E-state index is 12.8. The van der Waals surface area contributed by atoms with Crippen molar-refractivity contribution in [3.8, 4) is 5.75 Å². The van der Waals surface area contributed by atoms with Crippen molar-refractivity contribution in [2.45, 2.75) is 25.4 Å². The SMILES string of the molecule is Nc1cc(F)ccc1OC[C@H]1CCCCO1. The molecule has 0 spiro atoms. The summed E-state index contributed by atoms with van der Waals surface area (Å²) in [7, 11) is 0. The molecular weight excluding hydrogens is 209 g/mol. The van der Waals surface area contributed by atoms with Crippen LogP contribution in [0.15, 0.2) is 18.2 Å². The molecule has 0 unspecified atom stereocenters. The largest absolute Gasteiger partial charge is 0.489 e. The van der Waals surface area contributed by atoms with E-state index >= 15 is 0 Å². The zero-order valence-corrected chi connectivity index (χ0v) is 9.12. The Balaban J connectivity index is 1.88. The molecule has 1 aliphatic heterocycles. The maximum absolute atomic E-state index is 12.8. The van der Waals surface area contributed by atoms with Crippen LogP contribution in [0.4, 0.5) is 10.1 Å². The molecule has 0 amide bonds. The second kappa shape index (κ2) is 5.16. The van der Waals surface area contributed by atoms with E-state index in [4.69, 9.17) is 15.2 Å². The van der Waals surface area contributed by atoms with Gasteiger partial charge in [-0.2, -0.15) is 0 Å². The molecule has 1 atom stereocenters. The van der Waals surface area contributed by atoms with Crippen LogP contribution in [0.1, 0.15) is 19.3 Å². The van der Waals surface area contributed by atoms with Crippen molar-refractivity contribution in [2.24, 2.45) is 0 Å². The van der Waals surface area contributed by atoms with Gasteiger partial charge in [-0.25, -0.2) is 4.39 Å². The average molecular weight is 225 g/mol. The molecule has 1 fully saturated rings. The Labute approximate surface area is 94.3 Å². The lowest BCUT2D eigenvalue weighted by atomic mass is 10.1. The topological polar surface area (TPSA) is 44.5 Å². The lowest BCUT2D eigenvalue weighted by Gasteiger charge is -2.22. The predicted molar refractivity (Wildman–Crippen MR) is 59.9 cm³/mol. The van der Waals surface area contributed by atoms with Gasteiger partial charge in [-0.15, -0.1) is 0 Å². The third-order valence-electron chi connectivity index (χ3n) is 2.67. The lowest BCUT2D eigenvalue weighted by molar-refractivity contribution is -0.0109. The maximum Gasteiger partial charge on any atom is 0.142 e. The molecule has 3 nitrogen and oxygen atoms in total. The van der Waals surface area contributed by atoms with Gasteiger partial charge >= 0.3 is 0 Å². The van der Waals surface area contributed by atoms with Crippen LogP contribution in [-0.2, 0) is 4.74 Å². The number of nitrogen functional groups attached to an aromatic ring is 1. The molecule has 0 aliphatic carbocycles. The number of anilines is 1. The summed E-state index contributed by atoms with van der Waals surface area (Å²) in [5, 5.41) is 0. The average Bonchev–Trinajstić information content (AvgIpc) is 2.29. The fraction of sp³-hybridized carbons (Fsp3) is 0.500. The molecule has 88 valence electrons. The Bertz CT molecular complexity index is 351. The van der Waals surface area contributed by atoms with Gasteiger partial charge < -0.3 is 15.2 Å². The Morgan fingerprint density at radius 3 is 3.00 bits per heavy atom. The Hall–Kier alpha value is -1.29. The van der Waals surface area contributed by atoms with Crippen molar-refractivity contribution in [2.75, 3.05) is 18.9 Å². The number of ether oxygens (including phenoxy) is 2.